The minimum Gasteiger partial charge on any atom is -0.494 e. The minimum atomic E-state index is -0.232. The second-order valence-electron chi connectivity index (χ2n) is 5.08. The van der Waals surface area contributed by atoms with Crippen molar-refractivity contribution < 1.29 is 14.3 Å². The number of anilines is 1. The third kappa shape index (κ3) is 6.18. The Balaban J connectivity index is 1.90. The maximum atomic E-state index is 11.8. The van der Waals surface area contributed by atoms with E-state index in [1.807, 2.05) is 62.4 Å². The Morgan fingerprint density at radius 2 is 1.84 bits per heavy atom. The van der Waals surface area contributed by atoms with Crippen LogP contribution in [0, 0.1) is 0 Å². The number of carbonyl (C=O) groups is 1. The Kier molecular flexibility index (Phi) is 7.31. The van der Waals surface area contributed by atoms with Crippen molar-refractivity contribution >= 4 is 17.8 Å². The Morgan fingerprint density at radius 1 is 1.08 bits per heavy atom. The first-order chi connectivity index (χ1) is 12.2. The van der Waals surface area contributed by atoms with Crippen LogP contribution in [0.3, 0.4) is 0 Å². The lowest BCUT2D eigenvalue weighted by atomic mass is 10.2. The SMILES string of the molecule is CCOc1ccc(/C=N\NC(=O)CNc2ccccc2)c(OCC)c1. The summed E-state index contributed by atoms with van der Waals surface area (Å²) < 4.78 is 11.1. The summed E-state index contributed by atoms with van der Waals surface area (Å²) in [6.07, 6.45) is 1.56. The van der Waals surface area contributed by atoms with Crippen LogP contribution in [-0.2, 0) is 4.79 Å². The molecule has 0 aliphatic rings. The van der Waals surface area contributed by atoms with Crippen molar-refractivity contribution in [3.05, 3.63) is 54.1 Å². The maximum absolute atomic E-state index is 11.8. The fourth-order valence-electron chi connectivity index (χ4n) is 2.11. The molecule has 0 aliphatic heterocycles. The molecule has 2 N–H and O–H groups in total. The van der Waals surface area contributed by atoms with Gasteiger partial charge in [-0.2, -0.15) is 5.10 Å². The number of hydrazone groups is 1. The van der Waals surface area contributed by atoms with Gasteiger partial charge in [-0.1, -0.05) is 18.2 Å². The van der Waals surface area contributed by atoms with Crippen molar-refractivity contribution in [2.24, 2.45) is 5.10 Å². The molecule has 0 heterocycles. The van der Waals surface area contributed by atoms with Gasteiger partial charge < -0.3 is 14.8 Å². The van der Waals surface area contributed by atoms with Crippen LogP contribution in [0.25, 0.3) is 0 Å². The standard InChI is InChI=1S/C19H23N3O3/c1-3-24-17-11-10-15(18(12-17)25-4-2)13-21-22-19(23)14-20-16-8-6-5-7-9-16/h5-13,20H,3-4,14H2,1-2H3,(H,22,23)/b21-13-. The van der Waals surface area contributed by atoms with E-state index in [-0.39, 0.29) is 12.5 Å². The summed E-state index contributed by atoms with van der Waals surface area (Å²) in [5.74, 6) is 1.16. The molecule has 25 heavy (non-hydrogen) atoms. The maximum Gasteiger partial charge on any atom is 0.259 e. The minimum absolute atomic E-state index is 0.142. The monoisotopic (exact) mass is 341 g/mol. The van der Waals surface area contributed by atoms with Gasteiger partial charge in [0.2, 0.25) is 0 Å². The molecule has 0 atom stereocenters. The smallest absolute Gasteiger partial charge is 0.259 e. The van der Waals surface area contributed by atoms with Gasteiger partial charge in [0.05, 0.1) is 26.0 Å². The molecular weight excluding hydrogens is 318 g/mol. The normalized spacial score (nSPS) is 10.5. The predicted molar refractivity (Wildman–Crippen MR) is 99.4 cm³/mol. The van der Waals surface area contributed by atoms with Gasteiger partial charge in [-0.25, -0.2) is 5.43 Å². The highest BCUT2D eigenvalue weighted by atomic mass is 16.5. The Bertz CT molecular complexity index is 702. The largest absolute Gasteiger partial charge is 0.494 e. The van der Waals surface area contributed by atoms with Crippen LogP contribution in [0.1, 0.15) is 19.4 Å². The molecule has 1 amide bonds. The number of ether oxygens (including phenoxy) is 2. The van der Waals surface area contributed by atoms with E-state index in [0.29, 0.717) is 19.0 Å². The third-order valence-electron chi connectivity index (χ3n) is 3.22. The third-order valence-corrected chi connectivity index (χ3v) is 3.22. The highest BCUT2D eigenvalue weighted by Crippen LogP contribution is 2.23. The summed E-state index contributed by atoms with van der Waals surface area (Å²) in [6, 6.07) is 15.0. The number of carbonyl (C=O) groups excluding carboxylic acids is 1. The van der Waals surface area contributed by atoms with E-state index in [9.17, 15) is 4.79 Å². The zero-order valence-corrected chi connectivity index (χ0v) is 14.5. The average molecular weight is 341 g/mol. The van der Waals surface area contributed by atoms with E-state index >= 15 is 0 Å². The molecule has 0 spiro atoms. The van der Waals surface area contributed by atoms with E-state index in [1.54, 1.807) is 6.21 Å². The van der Waals surface area contributed by atoms with Crippen LogP contribution in [0.15, 0.2) is 53.6 Å². The van der Waals surface area contributed by atoms with Crippen LogP contribution in [-0.4, -0.2) is 31.9 Å². The summed E-state index contributed by atoms with van der Waals surface area (Å²) in [5.41, 5.74) is 4.14. The molecule has 0 saturated carbocycles. The molecule has 0 radical (unpaired) electrons. The zero-order chi connectivity index (χ0) is 17.9. The van der Waals surface area contributed by atoms with Gasteiger partial charge in [0.1, 0.15) is 11.5 Å². The number of rotatable bonds is 9. The molecule has 0 saturated heterocycles. The molecule has 0 unspecified atom stereocenters. The van der Waals surface area contributed by atoms with Crippen molar-refractivity contribution in [3.63, 3.8) is 0 Å². The molecule has 2 aromatic rings. The number of amides is 1. The fraction of sp³-hybridized carbons (Fsp3) is 0.263. The van der Waals surface area contributed by atoms with Crippen molar-refractivity contribution in [1.29, 1.82) is 0 Å². The molecule has 2 rings (SSSR count). The highest BCUT2D eigenvalue weighted by Gasteiger charge is 2.05. The van der Waals surface area contributed by atoms with E-state index in [1.165, 1.54) is 0 Å². The van der Waals surface area contributed by atoms with E-state index in [0.717, 1.165) is 17.0 Å². The first kappa shape index (κ1) is 18.3. The summed E-state index contributed by atoms with van der Waals surface area (Å²) in [5, 5.41) is 7.01. The first-order valence-corrected chi connectivity index (χ1v) is 8.23. The van der Waals surface area contributed by atoms with Crippen LogP contribution in [0.2, 0.25) is 0 Å². The Hall–Kier alpha value is -3.02. The van der Waals surface area contributed by atoms with Gasteiger partial charge in [0.25, 0.3) is 5.91 Å². The topological polar surface area (TPSA) is 72.0 Å². The molecule has 6 nitrogen and oxygen atoms in total. The van der Waals surface area contributed by atoms with Crippen LogP contribution >= 0.6 is 0 Å². The van der Waals surface area contributed by atoms with Crippen molar-refractivity contribution in [3.8, 4) is 11.5 Å². The van der Waals surface area contributed by atoms with Gasteiger partial charge in [-0.05, 0) is 38.1 Å². The second kappa shape index (κ2) is 9.97. The van der Waals surface area contributed by atoms with Crippen LogP contribution < -0.4 is 20.2 Å². The molecule has 6 heteroatoms. The lowest BCUT2D eigenvalue weighted by molar-refractivity contribution is -0.119. The summed E-state index contributed by atoms with van der Waals surface area (Å²) >= 11 is 0. The van der Waals surface area contributed by atoms with Gasteiger partial charge in [-0.3, -0.25) is 4.79 Å². The highest BCUT2D eigenvalue weighted by molar-refractivity contribution is 5.86. The molecule has 0 aromatic heterocycles. The summed E-state index contributed by atoms with van der Waals surface area (Å²) in [7, 11) is 0. The lowest BCUT2D eigenvalue weighted by Gasteiger charge is -2.10. The fourth-order valence-corrected chi connectivity index (χ4v) is 2.11. The molecular formula is C19H23N3O3. The van der Waals surface area contributed by atoms with Crippen molar-refractivity contribution in [2.45, 2.75) is 13.8 Å². The van der Waals surface area contributed by atoms with Gasteiger partial charge >= 0.3 is 0 Å². The number of nitrogens with zero attached hydrogens (tertiary/aromatic N) is 1. The van der Waals surface area contributed by atoms with Crippen molar-refractivity contribution in [1.82, 2.24) is 5.43 Å². The average Bonchev–Trinajstić information content (AvgIpc) is 2.63. The van der Waals surface area contributed by atoms with E-state index in [2.05, 4.69) is 15.8 Å². The first-order valence-electron chi connectivity index (χ1n) is 8.23. The van der Waals surface area contributed by atoms with Gasteiger partial charge in [-0.15, -0.1) is 0 Å². The number of para-hydroxylation sites is 1. The Morgan fingerprint density at radius 3 is 2.56 bits per heavy atom. The molecule has 132 valence electrons. The van der Waals surface area contributed by atoms with Crippen LogP contribution in [0.5, 0.6) is 11.5 Å². The van der Waals surface area contributed by atoms with Gasteiger partial charge in [0.15, 0.2) is 0 Å². The zero-order valence-electron chi connectivity index (χ0n) is 14.5. The summed E-state index contributed by atoms with van der Waals surface area (Å²) in [4.78, 5) is 11.8. The second-order valence-corrected chi connectivity index (χ2v) is 5.08. The number of hydrogen-bond acceptors (Lipinski definition) is 5. The van der Waals surface area contributed by atoms with Crippen LogP contribution in [0.4, 0.5) is 5.69 Å². The quantitative estimate of drug-likeness (QED) is 0.543. The number of benzene rings is 2. The molecule has 2 aromatic carbocycles. The Labute approximate surface area is 147 Å². The van der Waals surface area contributed by atoms with E-state index < -0.39 is 0 Å². The molecule has 0 aliphatic carbocycles. The molecule has 0 bridgehead atoms. The van der Waals surface area contributed by atoms with Gasteiger partial charge in [0, 0.05) is 17.3 Å². The number of nitrogens with one attached hydrogen (secondary N) is 2. The summed E-state index contributed by atoms with van der Waals surface area (Å²) in [6.45, 7) is 5.09. The van der Waals surface area contributed by atoms with Crippen molar-refractivity contribution in [2.75, 3.05) is 25.1 Å². The van der Waals surface area contributed by atoms with E-state index in [4.69, 9.17) is 9.47 Å². The molecule has 0 fully saturated rings. The lowest BCUT2D eigenvalue weighted by Crippen LogP contribution is -2.25. The number of hydrogen-bond donors (Lipinski definition) is 2. The predicted octanol–water partition coefficient (Wildman–Crippen LogP) is 3.05.